The van der Waals surface area contributed by atoms with E-state index in [-0.39, 0.29) is 17.6 Å². The van der Waals surface area contributed by atoms with Crippen LogP contribution in [0, 0.1) is 5.41 Å². The zero-order chi connectivity index (χ0) is 8.48. The van der Waals surface area contributed by atoms with Gasteiger partial charge in [-0.1, -0.05) is 20.8 Å². The predicted octanol–water partition coefficient (Wildman–Crippen LogP) is 1.53. The van der Waals surface area contributed by atoms with Crippen LogP contribution in [0.25, 0.3) is 0 Å². The van der Waals surface area contributed by atoms with Gasteiger partial charge in [0.15, 0.2) is 0 Å². The summed E-state index contributed by atoms with van der Waals surface area (Å²) < 4.78 is 4.80. The van der Waals surface area contributed by atoms with Crippen molar-refractivity contribution in [1.82, 2.24) is 5.32 Å². The molecule has 1 saturated heterocycles. The lowest BCUT2D eigenvalue weighted by atomic mass is 9.83. The summed E-state index contributed by atoms with van der Waals surface area (Å²) in [6.45, 7) is 6.89. The van der Waals surface area contributed by atoms with Gasteiger partial charge in [0.25, 0.3) is 0 Å². The summed E-state index contributed by atoms with van der Waals surface area (Å²) in [5.41, 5.74) is 0.145. The molecule has 0 aliphatic carbocycles. The van der Waals surface area contributed by atoms with Crippen LogP contribution in [0.5, 0.6) is 0 Å². The van der Waals surface area contributed by atoms with Gasteiger partial charge in [-0.2, -0.15) is 0 Å². The third kappa shape index (κ3) is 1.64. The summed E-state index contributed by atoms with van der Waals surface area (Å²) in [5, 5.41) is 2.78. The molecule has 1 amide bonds. The van der Waals surface area contributed by atoms with Gasteiger partial charge in [0.2, 0.25) is 0 Å². The summed E-state index contributed by atoms with van der Waals surface area (Å²) >= 11 is 0. The molecule has 1 fully saturated rings. The minimum atomic E-state index is -0.281. The van der Waals surface area contributed by atoms with Crippen molar-refractivity contribution in [3.63, 3.8) is 0 Å². The van der Waals surface area contributed by atoms with Crippen LogP contribution in [0.2, 0.25) is 0 Å². The molecule has 1 rings (SSSR count). The van der Waals surface area contributed by atoms with Crippen LogP contribution in [-0.2, 0) is 4.74 Å². The number of cyclic esters (lactones) is 1. The molecule has 0 radical (unpaired) electrons. The van der Waals surface area contributed by atoms with Gasteiger partial charge in [0, 0.05) is 0 Å². The number of alkyl carbamates (subject to hydrolysis) is 1. The molecule has 0 spiro atoms. The number of amides is 1. The minimum absolute atomic E-state index is 0.145. The molecule has 1 N–H and O–H groups in total. The van der Waals surface area contributed by atoms with Crippen molar-refractivity contribution < 1.29 is 9.53 Å². The van der Waals surface area contributed by atoms with Crippen molar-refractivity contribution in [2.24, 2.45) is 5.41 Å². The average Bonchev–Trinajstić information content (AvgIpc) is 2.36. The molecule has 1 unspecified atom stereocenters. The van der Waals surface area contributed by atoms with E-state index in [0.717, 1.165) is 6.42 Å². The smallest absolute Gasteiger partial charge is 0.407 e. The number of rotatable bonds is 2. The van der Waals surface area contributed by atoms with Gasteiger partial charge in [-0.15, -0.1) is 0 Å². The van der Waals surface area contributed by atoms with E-state index in [4.69, 9.17) is 4.74 Å². The molecule has 0 aromatic heterocycles. The van der Waals surface area contributed by atoms with Crippen molar-refractivity contribution in [2.45, 2.75) is 33.2 Å². The van der Waals surface area contributed by atoms with Gasteiger partial charge in [-0.3, -0.25) is 0 Å². The highest BCUT2D eigenvalue weighted by atomic mass is 16.6. The first-order chi connectivity index (χ1) is 5.06. The summed E-state index contributed by atoms with van der Waals surface area (Å²) in [4.78, 5) is 10.7. The Balaban J connectivity index is 2.55. The van der Waals surface area contributed by atoms with Crippen molar-refractivity contribution >= 4 is 6.09 Å². The topological polar surface area (TPSA) is 38.3 Å². The molecule has 64 valence electrons. The van der Waals surface area contributed by atoms with Gasteiger partial charge in [-0.25, -0.2) is 4.79 Å². The molecule has 1 atom stereocenters. The third-order valence-corrected chi connectivity index (χ3v) is 2.53. The van der Waals surface area contributed by atoms with Gasteiger partial charge in [-0.05, 0) is 11.8 Å². The fourth-order valence-corrected chi connectivity index (χ4v) is 1.05. The lowest BCUT2D eigenvalue weighted by molar-refractivity contribution is 0.169. The van der Waals surface area contributed by atoms with Crippen LogP contribution in [0.3, 0.4) is 0 Å². The van der Waals surface area contributed by atoms with Crippen LogP contribution in [0.1, 0.15) is 27.2 Å². The second kappa shape index (κ2) is 2.72. The molecular weight excluding hydrogens is 142 g/mol. The Morgan fingerprint density at radius 1 is 1.73 bits per heavy atom. The summed E-state index contributed by atoms with van der Waals surface area (Å²) in [6, 6.07) is 0.181. The fraction of sp³-hybridized carbons (Fsp3) is 0.875. The monoisotopic (exact) mass is 157 g/mol. The molecule has 0 aromatic rings. The number of hydrogen-bond donors (Lipinski definition) is 1. The molecule has 0 saturated carbocycles. The predicted molar refractivity (Wildman–Crippen MR) is 42.3 cm³/mol. The van der Waals surface area contributed by atoms with Gasteiger partial charge in [0.1, 0.15) is 6.61 Å². The van der Waals surface area contributed by atoms with Crippen LogP contribution < -0.4 is 5.32 Å². The van der Waals surface area contributed by atoms with Gasteiger partial charge < -0.3 is 10.1 Å². The number of hydrogen-bond acceptors (Lipinski definition) is 2. The maximum atomic E-state index is 10.7. The van der Waals surface area contributed by atoms with E-state index in [1.807, 2.05) is 0 Å². The van der Waals surface area contributed by atoms with Crippen molar-refractivity contribution in [3.8, 4) is 0 Å². The lowest BCUT2D eigenvalue weighted by Gasteiger charge is -2.27. The quantitative estimate of drug-likeness (QED) is 0.660. The van der Waals surface area contributed by atoms with E-state index < -0.39 is 0 Å². The number of carbonyl (C=O) groups excluding carboxylic acids is 1. The van der Waals surface area contributed by atoms with E-state index in [1.165, 1.54) is 0 Å². The Labute approximate surface area is 67.1 Å². The highest BCUT2D eigenvalue weighted by molar-refractivity contribution is 5.69. The third-order valence-electron chi connectivity index (χ3n) is 2.53. The minimum Gasteiger partial charge on any atom is -0.447 e. The Morgan fingerprint density at radius 2 is 2.36 bits per heavy atom. The van der Waals surface area contributed by atoms with Gasteiger partial charge >= 0.3 is 6.09 Å². The molecule has 1 aliphatic heterocycles. The van der Waals surface area contributed by atoms with E-state index in [2.05, 4.69) is 26.1 Å². The Hall–Kier alpha value is -0.730. The first-order valence-corrected chi connectivity index (χ1v) is 3.99. The fourth-order valence-electron chi connectivity index (χ4n) is 1.05. The van der Waals surface area contributed by atoms with Crippen LogP contribution >= 0.6 is 0 Å². The van der Waals surface area contributed by atoms with Crippen molar-refractivity contribution in [1.29, 1.82) is 0 Å². The maximum Gasteiger partial charge on any atom is 0.407 e. The van der Waals surface area contributed by atoms with E-state index in [0.29, 0.717) is 6.61 Å². The Bertz CT molecular complexity index is 165. The van der Waals surface area contributed by atoms with E-state index in [9.17, 15) is 4.79 Å². The highest BCUT2D eigenvalue weighted by Gasteiger charge is 2.34. The molecular formula is C8H15NO2. The zero-order valence-electron chi connectivity index (χ0n) is 7.31. The first kappa shape index (κ1) is 8.37. The molecule has 1 heterocycles. The summed E-state index contributed by atoms with van der Waals surface area (Å²) in [6.07, 6.45) is 0.762. The van der Waals surface area contributed by atoms with Crippen LogP contribution in [0.4, 0.5) is 4.79 Å². The van der Waals surface area contributed by atoms with Gasteiger partial charge in [0.05, 0.1) is 6.04 Å². The molecule has 0 aromatic carbocycles. The van der Waals surface area contributed by atoms with E-state index >= 15 is 0 Å². The molecule has 1 aliphatic rings. The first-order valence-electron chi connectivity index (χ1n) is 3.99. The summed E-state index contributed by atoms with van der Waals surface area (Å²) in [5.74, 6) is 0. The second-order valence-corrected chi connectivity index (χ2v) is 3.64. The standard InChI is InChI=1S/C8H15NO2/c1-4-8(2,3)6-5-11-7(10)9-6/h6H,4-5H2,1-3H3,(H,9,10). The molecule has 3 heteroatoms. The lowest BCUT2D eigenvalue weighted by Crippen LogP contribution is -2.39. The second-order valence-electron chi connectivity index (χ2n) is 3.64. The van der Waals surface area contributed by atoms with Crippen molar-refractivity contribution in [2.75, 3.05) is 6.61 Å². The van der Waals surface area contributed by atoms with Crippen LogP contribution in [0.15, 0.2) is 0 Å². The molecule has 11 heavy (non-hydrogen) atoms. The average molecular weight is 157 g/mol. The largest absolute Gasteiger partial charge is 0.447 e. The van der Waals surface area contributed by atoms with Crippen LogP contribution in [-0.4, -0.2) is 18.7 Å². The highest BCUT2D eigenvalue weighted by Crippen LogP contribution is 2.26. The van der Waals surface area contributed by atoms with E-state index in [1.54, 1.807) is 0 Å². The Kier molecular flexibility index (Phi) is 2.07. The molecule has 0 bridgehead atoms. The summed E-state index contributed by atoms with van der Waals surface area (Å²) in [7, 11) is 0. The number of ether oxygens (including phenoxy) is 1. The number of nitrogens with one attached hydrogen (secondary N) is 1. The SMILES string of the molecule is CCC(C)(C)C1COC(=O)N1. The normalized spacial score (nSPS) is 24.6. The number of carbonyl (C=O) groups is 1. The van der Waals surface area contributed by atoms with Crippen molar-refractivity contribution in [3.05, 3.63) is 0 Å². The Morgan fingerprint density at radius 3 is 2.73 bits per heavy atom. The maximum absolute atomic E-state index is 10.7. The zero-order valence-corrected chi connectivity index (χ0v) is 7.31. The molecule has 3 nitrogen and oxygen atoms in total.